The van der Waals surface area contributed by atoms with E-state index in [-0.39, 0.29) is 0 Å². The molecule has 66 valence electrons. The van der Waals surface area contributed by atoms with E-state index in [4.69, 9.17) is 0 Å². The first-order valence-electron chi connectivity index (χ1n) is 4.16. The Hall–Kier alpha value is -0.288. The third kappa shape index (κ3) is 7.82. The highest BCUT2D eigenvalue weighted by Gasteiger charge is 1.80. The molecule has 0 radical (unpaired) electrons. The second-order valence-corrected chi connectivity index (χ2v) is 4.65. The van der Waals surface area contributed by atoms with Crippen molar-refractivity contribution in [3.05, 3.63) is 29.8 Å². The lowest BCUT2D eigenvalue weighted by Crippen LogP contribution is -1.99. The van der Waals surface area contributed by atoms with Gasteiger partial charge in [0.2, 0.25) is 0 Å². The molecule has 0 aromatic heterocycles. The summed E-state index contributed by atoms with van der Waals surface area (Å²) in [5, 5.41) is 0. The van der Waals surface area contributed by atoms with E-state index in [1.54, 1.807) is 0 Å². The van der Waals surface area contributed by atoms with Crippen LogP contribution in [0.25, 0.3) is 0 Å². The zero-order chi connectivity index (χ0) is 9.56. The Labute approximate surface area is 83.8 Å². The molecule has 0 spiro atoms. The van der Waals surface area contributed by atoms with E-state index >= 15 is 0 Å². The van der Waals surface area contributed by atoms with Crippen LogP contribution in [0.3, 0.4) is 0 Å². The van der Waals surface area contributed by atoms with Gasteiger partial charge >= 0.3 is 0 Å². The first kappa shape index (κ1) is 11.7. The van der Waals surface area contributed by atoms with Crippen LogP contribution in [0, 0.1) is 6.92 Å². The summed E-state index contributed by atoms with van der Waals surface area (Å²) in [6.07, 6.45) is 0. The number of rotatable bonds is 0. The Bertz CT molecular complexity index is 180. The number of hydrogen-bond acceptors (Lipinski definition) is 1. The van der Waals surface area contributed by atoms with Crippen molar-refractivity contribution in [2.75, 3.05) is 21.1 Å². The van der Waals surface area contributed by atoms with Gasteiger partial charge in [-0.05, 0) is 28.1 Å². The molecular weight excluding hydrogens is 161 g/mol. The van der Waals surface area contributed by atoms with Crippen LogP contribution in [0.4, 0.5) is 0 Å². The van der Waals surface area contributed by atoms with Gasteiger partial charge in [-0.2, -0.15) is 0 Å². The number of hydrogen-bond donors (Lipinski definition) is 0. The van der Waals surface area contributed by atoms with Crippen LogP contribution in [0.1, 0.15) is 5.56 Å². The third-order valence-corrected chi connectivity index (χ3v) is 1.88. The highest BCUT2D eigenvalue weighted by Crippen LogP contribution is 1.90. The molecule has 0 heterocycles. The molecule has 0 aliphatic rings. The second kappa shape index (κ2) is 6.25. The van der Waals surface area contributed by atoms with Gasteiger partial charge in [-0.1, -0.05) is 29.8 Å². The second-order valence-electron chi connectivity index (χ2n) is 3.50. The van der Waals surface area contributed by atoms with E-state index in [0.29, 0.717) is 0 Å². The summed E-state index contributed by atoms with van der Waals surface area (Å²) in [5.41, 5.74) is 1.35. The van der Waals surface area contributed by atoms with Crippen LogP contribution in [-0.4, -0.2) is 42.3 Å². The van der Waals surface area contributed by atoms with Gasteiger partial charge in [0, 0.05) is 0 Å². The standard InChI is InChI=1S/C7H7.C3H9N.Al.2H/c1-7-5-3-2-4-6-7;1-4(2)3;;;/h3-6H,1H3;1-3H3;;;. The van der Waals surface area contributed by atoms with Crippen LogP contribution in [0.15, 0.2) is 24.3 Å². The van der Waals surface area contributed by atoms with Crippen molar-refractivity contribution in [1.82, 2.24) is 4.90 Å². The van der Waals surface area contributed by atoms with Crippen LogP contribution in [-0.2, 0) is 0 Å². The Morgan fingerprint density at radius 3 is 1.58 bits per heavy atom. The molecule has 0 aliphatic heterocycles. The lowest BCUT2D eigenvalue weighted by atomic mass is 10.2. The lowest BCUT2D eigenvalue weighted by molar-refractivity contribution is 0.505. The smallest absolute Gasteiger partial charge is 0.258 e. The normalized spacial score (nSPS) is 9.08. The van der Waals surface area contributed by atoms with Crippen LogP contribution >= 0.6 is 0 Å². The predicted molar refractivity (Wildman–Crippen MR) is 59.0 cm³/mol. The van der Waals surface area contributed by atoms with E-state index in [1.807, 2.05) is 26.0 Å². The van der Waals surface area contributed by atoms with Crippen molar-refractivity contribution in [2.24, 2.45) is 0 Å². The minimum absolute atomic E-state index is 1.17. The number of benzene rings is 1. The molecule has 0 saturated heterocycles. The Morgan fingerprint density at radius 2 is 1.33 bits per heavy atom. The molecule has 0 N–H and O–H groups in total. The fraction of sp³-hybridized carbons (Fsp3) is 0.400. The third-order valence-electron chi connectivity index (χ3n) is 1.22. The summed E-state index contributed by atoms with van der Waals surface area (Å²) < 4.78 is 1.47. The van der Waals surface area contributed by atoms with E-state index < -0.39 is 0 Å². The van der Waals surface area contributed by atoms with Crippen LogP contribution in [0.2, 0.25) is 0 Å². The molecule has 1 rings (SSSR count). The van der Waals surface area contributed by atoms with Gasteiger partial charge in [-0.25, -0.2) is 0 Å². The SMILES string of the molecule is CN(C)C.Cc1cc[c]([AlH2])cc1. The fourth-order valence-electron chi connectivity index (χ4n) is 0.637. The Balaban J connectivity index is 0.000000261. The molecule has 0 atom stereocenters. The highest BCUT2D eigenvalue weighted by atomic mass is 27.0. The zero-order valence-corrected chi connectivity index (χ0v) is 10.8. The maximum absolute atomic E-state index is 2.18. The molecule has 2 heteroatoms. The fourth-order valence-corrected chi connectivity index (χ4v) is 0.970. The predicted octanol–water partition coefficient (Wildman–Crippen LogP) is 0.431. The lowest BCUT2D eigenvalue weighted by Gasteiger charge is -1.90. The van der Waals surface area contributed by atoms with Crippen molar-refractivity contribution in [3.63, 3.8) is 0 Å². The average Bonchev–Trinajstić information content (AvgIpc) is 1.94. The molecule has 0 fully saturated rings. The van der Waals surface area contributed by atoms with Gasteiger partial charge in [0.15, 0.2) is 0 Å². The summed E-state index contributed by atoms with van der Waals surface area (Å²) >= 11 is 1.17. The Kier molecular flexibility index (Phi) is 6.10. The van der Waals surface area contributed by atoms with Crippen molar-refractivity contribution in [2.45, 2.75) is 6.92 Å². The molecule has 0 bridgehead atoms. The molecule has 0 aliphatic carbocycles. The topological polar surface area (TPSA) is 3.24 Å². The van der Waals surface area contributed by atoms with Gasteiger partial charge < -0.3 is 4.90 Å². The largest absolute Gasteiger partial charge is 0.312 e. The Morgan fingerprint density at radius 1 is 1.00 bits per heavy atom. The minimum Gasteiger partial charge on any atom is -0.312 e. The minimum atomic E-state index is 1.17. The monoisotopic (exact) mass is 179 g/mol. The summed E-state index contributed by atoms with van der Waals surface area (Å²) in [6.45, 7) is 2.11. The summed E-state index contributed by atoms with van der Waals surface area (Å²) in [6, 6.07) is 8.67. The van der Waals surface area contributed by atoms with Gasteiger partial charge in [0.1, 0.15) is 0 Å². The molecule has 0 saturated carbocycles. The first-order valence-corrected chi connectivity index (χ1v) is 5.16. The maximum atomic E-state index is 2.18. The number of nitrogens with zero attached hydrogens (tertiary/aromatic N) is 1. The molecule has 0 unspecified atom stereocenters. The van der Waals surface area contributed by atoms with Crippen molar-refractivity contribution >= 4 is 20.7 Å². The van der Waals surface area contributed by atoms with E-state index in [0.717, 1.165) is 0 Å². The average molecular weight is 179 g/mol. The summed E-state index contributed by atoms with van der Waals surface area (Å²) in [5.74, 6) is 0. The summed E-state index contributed by atoms with van der Waals surface area (Å²) in [4.78, 5) is 2.00. The first-order chi connectivity index (χ1) is 5.52. The highest BCUT2D eigenvalue weighted by molar-refractivity contribution is 6.32. The molecule has 1 aromatic carbocycles. The van der Waals surface area contributed by atoms with Gasteiger partial charge in [-0.3, -0.25) is 0 Å². The van der Waals surface area contributed by atoms with E-state index in [9.17, 15) is 0 Å². The molecule has 12 heavy (non-hydrogen) atoms. The van der Waals surface area contributed by atoms with E-state index in [2.05, 4.69) is 31.2 Å². The maximum Gasteiger partial charge on any atom is 0.258 e. The van der Waals surface area contributed by atoms with Crippen molar-refractivity contribution in [1.29, 1.82) is 0 Å². The van der Waals surface area contributed by atoms with Gasteiger partial charge in [0.05, 0.1) is 0 Å². The number of aryl methyl sites for hydroxylation is 1. The van der Waals surface area contributed by atoms with Crippen molar-refractivity contribution < 1.29 is 0 Å². The molecule has 1 aromatic rings. The van der Waals surface area contributed by atoms with Crippen LogP contribution < -0.4 is 4.43 Å². The van der Waals surface area contributed by atoms with Gasteiger partial charge in [-0.15, -0.1) is 4.43 Å². The molecule has 1 nitrogen and oxygen atoms in total. The molecule has 0 amide bonds. The van der Waals surface area contributed by atoms with E-state index in [1.165, 1.54) is 26.3 Å². The molecular formula is C10H18AlN. The summed E-state index contributed by atoms with van der Waals surface area (Å²) in [7, 11) is 6.00. The van der Waals surface area contributed by atoms with Gasteiger partial charge in [0.25, 0.3) is 16.3 Å². The quantitative estimate of drug-likeness (QED) is 0.522. The van der Waals surface area contributed by atoms with Crippen LogP contribution in [0.5, 0.6) is 0 Å². The zero-order valence-electron chi connectivity index (χ0n) is 8.76. The van der Waals surface area contributed by atoms with Crippen molar-refractivity contribution in [3.8, 4) is 0 Å².